The summed E-state index contributed by atoms with van der Waals surface area (Å²) in [5, 5.41) is 4.14. The third kappa shape index (κ3) is 3.15. The maximum atomic E-state index is 12.5. The number of carbonyl (C=O) groups is 1. The molecule has 0 aliphatic carbocycles. The number of thiazole rings is 1. The Morgan fingerprint density at radius 3 is 2.91 bits per heavy atom. The van der Waals surface area contributed by atoms with E-state index in [0.717, 1.165) is 5.01 Å². The van der Waals surface area contributed by atoms with Gasteiger partial charge < -0.3 is 9.47 Å². The van der Waals surface area contributed by atoms with Crippen LogP contribution in [0.2, 0.25) is 0 Å². The molecule has 2 heterocycles. The first kappa shape index (κ1) is 15.7. The Morgan fingerprint density at radius 2 is 2.17 bits per heavy atom. The molecule has 0 N–H and O–H groups in total. The lowest BCUT2D eigenvalue weighted by atomic mass is 10.2. The fourth-order valence-electron chi connectivity index (χ4n) is 2.85. The lowest BCUT2D eigenvalue weighted by Gasteiger charge is -2.23. The predicted molar refractivity (Wildman–Crippen MR) is 94.6 cm³/mol. The summed E-state index contributed by atoms with van der Waals surface area (Å²) >= 11 is 1.59. The van der Waals surface area contributed by atoms with E-state index in [0.29, 0.717) is 13.0 Å². The Morgan fingerprint density at radius 1 is 1.39 bits per heavy atom. The molecule has 120 valence electrons. The van der Waals surface area contributed by atoms with Crippen LogP contribution < -0.4 is 0 Å². The summed E-state index contributed by atoms with van der Waals surface area (Å²) in [7, 11) is 1.86. The van der Waals surface area contributed by atoms with Crippen molar-refractivity contribution in [1.82, 2.24) is 14.5 Å². The van der Waals surface area contributed by atoms with E-state index in [1.54, 1.807) is 22.4 Å². The second-order valence-electron chi connectivity index (χ2n) is 5.80. The molecule has 1 aromatic carbocycles. The molecule has 0 aliphatic rings. The summed E-state index contributed by atoms with van der Waals surface area (Å²) in [5.74, 6) is 0.143. The monoisotopic (exact) mass is 327 g/mol. The maximum Gasteiger partial charge on any atom is 0.224 e. The fraction of sp³-hybridized carbons (Fsp3) is 0.333. The number of benzene rings is 1. The molecule has 0 spiro atoms. The SMILES string of the molecule is Cc1cc2ccccc2n1CCC(=O)N(C)C(C)c1nccs1. The summed E-state index contributed by atoms with van der Waals surface area (Å²) < 4.78 is 2.22. The number of amides is 1. The standard InChI is InChI=1S/C18H21N3OS/c1-13-12-15-6-4-5-7-16(15)21(13)10-8-17(22)20(3)14(2)18-19-9-11-23-18/h4-7,9,11-12,14H,8,10H2,1-3H3. The lowest BCUT2D eigenvalue weighted by Crippen LogP contribution is -2.30. The number of nitrogens with zero attached hydrogens (tertiary/aromatic N) is 3. The summed E-state index contributed by atoms with van der Waals surface area (Å²) in [4.78, 5) is 18.6. The van der Waals surface area contributed by atoms with Gasteiger partial charge in [-0.1, -0.05) is 18.2 Å². The Labute approximate surface area is 140 Å². The molecule has 2 aromatic heterocycles. The average Bonchev–Trinajstić information content (AvgIpc) is 3.18. The Bertz CT molecular complexity index is 807. The maximum absolute atomic E-state index is 12.5. The number of fused-ring (bicyclic) bond motifs is 1. The van der Waals surface area contributed by atoms with Crippen LogP contribution in [0, 0.1) is 6.92 Å². The van der Waals surface area contributed by atoms with Crippen LogP contribution in [-0.2, 0) is 11.3 Å². The van der Waals surface area contributed by atoms with Gasteiger partial charge in [-0.05, 0) is 31.4 Å². The smallest absolute Gasteiger partial charge is 0.224 e. The van der Waals surface area contributed by atoms with E-state index in [2.05, 4.69) is 34.7 Å². The topological polar surface area (TPSA) is 38.1 Å². The second kappa shape index (κ2) is 6.54. The van der Waals surface area contributed by atoms with Gasteiger partial charge in [0, 0.05) is 42.8 Å². The second-order valence-corrected chi connectivity index (χ2v) is 6.72. The van der Waals surface area contributed by atoms with Gasteiger partial charge in [0.2, 0.25) is 5.91 Å². The van der Waals surface area contributed by atoms with Gasteiger partial charge in [0.15, 0.2) is 0 Å². The van der Waals surface area contributed by atoms with Crippen LogP contribution in [0.25, 0.3) is 10.9 Å². The first-order chi connectivity index (χ1) is 11.1. The van der Waals surface area contributed by atoms with Crippen molar-refractivity contribution in [3.8, 4) is 0 Å². The summed E-state index contributed by atoms with van der Waals surface area (Å²) in [6, 6.07) is 10.5. The number of para-hydroxylation sites is 1. The number of rotatable bonds is 5. The largest absolute Gasteiger partial charge is 0.344 e. The molecule has 0 saturated heterocycles. The minimum Gasteiger partial charge on any atom is -0.344 e. The molecule has 1 atom stereocenters. The number of hydrogen-bond acceptors (Lipinski definition) is 3. The molecular weight excluding hydrogens is 306 g/mol. The molecule has 0 fully saturated rings. The number of aromatic nitrogens is 2. The van der Waals surface area contributed by atoms with Crippen LogP contribution >= 0.6 is 11.3 Å². The zero-order valence-electron chi connectivity index (χ0n) is 13.7. The van der Waals surface area contributed by atoms with E-state index < -0.39 is 0 Å². The highest BCUT2D eigenvalue weighted by Crippen LogP contribution is 2.23. The van der Waals surface area contributed by atoms with Crippen molar-refractivity contribution in [2.75, 3.05) is 7.05 Å². The average molecular weight is 327 g/mol. The lowest BCUT2D eigenvalue weighted by molar-refractivity contribution is -0.132. The molecular formula is C18H21N3OS. The van der Waals surface area contributed by atoms with Crippen molar-refractivity contribution >= 4 is 28.1 Å². The van der Waals surface area contributed by atoms with Gasteiger partial charge in [0.25, 0.3) is 0 Å². The molecule has 23 heavy (non-hydrogen) atoms. The van der Waals surface area contributed by atoms with Crippen molar-refractivity contribution in [1.29, 1.82) is 0 Å². The Kier molecular flexibility index (Phi) is 4.48. The highest BCUT2D eigenvalue weighted by atomic mass is 32.1. The van der Waals surface area contributed by atoms with Gasteiger partial charge in [-0.25, -0.2) is 4.98 Å². The molecule has 0 saturated carbocycles. The van der Waals surface area contributed by atoms with Crippen LogP contribution in [0.15, 0.2) is 41.9 Å². The zero-order chi connectivity index (χ0) is 16.4. The molecule has 5 heteroatoms. The predicted octanol–water partition coefficient (Wildman–Crippen LogP) is 4.02. The van der Waals surface area contributed by atoms with Gasteiger partial charge in [0.05, 0.1) is 6.04 Å². The van der Waals surface area contributed by atoms with E-state index in [9.17, 15) is 4.79 Å². The Hall–Kier alpha value is -2.14. The zero-order valence-corrected chi connectivity index (χ0v) is 14.5. The van der Waals surface area contributed by atoms with Crippen molar-refractivity contribution in [3.05, 3.63) is 52.6 Å². The molecule has 4 nitrogen and oxygen atoms in total. The first-order valence-electron chi connectivity index (χ1n) is 7.78. The molecule has 0 aliphatic heterocycles. The highest BCUT2D eigenvalue weighted by molar-refractivity contribution is 7.09. The van der Waals surface area contributed by atoms with Gasteiger partial charge >= 0.3 is 0 Å². The van der Waals surface area contributed by atoms with Gasteiger partial charge in [0.1, 0.15) is 5.01 Å². The van der Waals surface area contributed by atoms with Crippen molar-refractivity contribution in [2.45, 2.75) is 32.9 Å². The van der Waals surface area contributed by atoms with Gasteiger partial charge in [-0.3, -0.25) is 4.79 Å². The minimum atomic E-state index is 0.0185. The Balaban J connectivity index is 1.69. The number of aryl methyl sites for hydroxylation is 2. The molecule has 3 aromatic rings. The molecule has 1 unspecified atom stereocenters. The fourth-order valence-corrected chi connectivity index (χ4v) is 3.59. The van der Waals surface area contributed by atoms with E-state index in [1.807, 2.05) is 31.5 Å². The van der Waals surface area contributed by atoms with Gasteiger partial charge in [-0.2, -0.15) is 0 Å². The summed E-state index contributed by atoms with van der Waals surface area (Å²) in [5.41, 5.74) is 2.38. The molecule has 0 radical (unpaired) electrons. The van der Waals surface area contributed by atoms with E-state index in [1.165, 1.54) is 16.6 Å². The third-order valence-electron chi connectivity index (χ3n) is 4.35. The van der Waals surface area contributed by atoms with Crippen molar-refractivity contribution in [3.63, 3.8) is 0 Å². The van der Waals surface area contributed by atoms with Crippen molar-refractivity contribution < 1.29 is 4.79 Å². The minimum absolute atomic E-state index is 0.0185. The van der Waals surface area contributed by atoms with Crippen LogP contribution in [0.4, 0.5) is 0 Å². The number of hydrogen-bond donors (Lipinski definition) is 0. The first-order valence-corrected chi connectivity index (χ1v) is 8.66. The van der Waals surface area contributed by atoms with Crippen LogP contribution in [-0.4, -0.2) is 27.4 Å². The molecule has 1 amide bonds. The van der Waals surface area contributed by atoms with Crippen LogP contribution in [0.3, 0.4) is 0 Å². The number of carbonyl (C=O) groups excluding carboxylic acids is 1. The van der Waals surface area contributed by atoms with Crippen molar-refractivity contribution in [2.24, 2.45) is 0 Å². The van der Waals surface area contributed by atoms with Crippen LogP contribution in [0.5, 0.6) is 0 Å². The van der Waals surface area contributed by atoms with E-state index in [4.69, 9.17) is 0 Å². The normalized spacial score (nSPS) is 12.5. The van der Waals surface area contributed by atoms with E-state index in [-0.39, 0.29) is 11.9 Å². The highest BCUT2D eigenvalue weighted by Gasteiger charge is 2.19. The van der Waals surface area contributed by atoms with E-state index >= 15 is 0 Å². The quantitative estimate of drug-likeness (QED) is 0.710. The molecule has 0 bridgehead atoms. The summed E-state index contributed by atoms with van der Waals surface area (Å²) in [6.07, 6.45) is 2.27. The molecule has 3 rings (SSSR count). The van der Waals surface area contributed by atoms with Gasteiger partial charge in [-0.15, -0.1) is 11.3 Å². The summed E-state index contributed by atoms with van der Waals surface area (Å²) in [6.45, 7) is 4.81. The third-order valence-corrected chi connectivity index (χ3v) is 5.30. The van der Waals surface area contributed by atoms with Crippen LogP contribution in [0.1, 0.15) is 30.1 Å².